The number of aldehydes is 2. The maximum Gasteiger partial charge on any atom is 0.573 e. The number of amides is 3. The maximum atomic E-state index is 12.5. The van der Waals surface area contributed by atoms with E-state index in [4.69, 9.17) is 5.73 Å². The molecular formula is C22H20F3N3O6. The highest BCUT2D eigenvalue weighted by Gasteiger charge is 2.31. The van der Waals surface area contributed by atoms with E-state index in [9.17, 15) is 37.1 Å². The number of halogens is 3. The van der Waals surface area contributed by atoms with E-state index in [1.165, 1.54) is 18.2 Å². The summed E-state index contributed by atoms with van der Waals surface area (Å²) in [5.41, 5.74) is 5.69. The second-order valence-corrected chi connectivity index (χ2v) is 6.97. The molecule has 0 bridgehead atoms. The summed E-state index contributed by atoms with van der Waals surface area (Å²) in [5, 5.41) is 4.91. The van der Waals surface area contributed by atoms with Crippen LogP contribution >= 0.6 is 0 Å². The molecule has 4 N–H and O–H groups in total. The van der Waals surface area contributed by atoms with Gasteiger partial charge in [-0.2, -0.15) is 0 Å². The molecule has 2 aromatic rings. The van der Waals surface area contributed by atoms with E-state index < -0.39 is 35.9 Å². The normalized spacial score (nSPS) is 11.7. The first kappa shape index (κ1) is 26.0. The zero-order valence-electron chi connectivity index (χ0n) is 17.6. The largest absolute Gasteiger partial charge is 0.573 e. The summed E-state index contributed by atoms with van der Waals surface area (Å²) in [6, 6.07) is 7.34. The molecule has 0 saturated heterocycles. The smallest absolute Gasteiger partial charge is 0.406 e. The predicted octanol–water partition coefficient (Wildman–Crippen LogP) is 1.89. The van der Waals surface area contributed by atoms with Gasteiger partial charge in [0.15, 0.2) is 6.29 Å². The first-order valence-corrected chi connectivity index (χ1v) is 9.80. The fourth-order valence-electron chi connectivity index (χ4n) is 2.88. The third kappa shape index (κ3) is 7.73. The van der Waals surface area contributed by atoms with Crippen molar-refractivity contribution in [2.45, 2.75) is 31.8 Å². The Kier molecular flexibility index (Phi) is 8.87. The van der Waals surface area contributed by atoms with Crippen LogP contribution in [0, 0.1) is 0 Å². The second kappa shape index (κ2) is 11.6. The minimum absolute atomic E-state index is 0.00510. The number of primary amides is 1. The Morgan fingerprint density at radius 2 is 1.71 bits per heavy atom. The van der Waals surface area contributed by atoms with Crippen LogP contribution in [0.5, 0.6) is 5.75 Å². The van der Waals surface area contributed by atoms with Crippen LogP contribution in [0.2, 0.25) is 0 Å². The molecule has 9 nitrogen and oxygen atoms in total. The molecule has 0 heterocycles. The molecular weight excluding hydrogens is 459 g/mol. The summed E-state index contributed by atoms with van der Waals surface area (Å²) in [6.07, 6.45) is -3.84. The molecule has 2 aromatic carbocycles. The Morgan fingerprint density at radius 3 is 2.26 bits per heavy atom. The van der Waals surface area contributed by atoms with Crippen LogP contribution in [0.15, 0.2) is 42.5 Å². The van der Waals surface area contributed by atoms with Crippen LogP contribution in [-0.4, -0.2) is 42.7 Å². The van der Waals surface area contributed by atoms with Crippen LogP contribution in [-0.2, 0) is 16.1 Å². The van der Waals surface area contributed by atoms with Gasteiger partial charge in [0.05, 0.1) is 0 Å². The molecule has 0 aromatic heterocycles. The molecule has 0 radical (unpaired) electrons. The third-order valence-electron chi connectivity index (χ3n) is 4.51. The van der Waals surface area contributed by atoms with Crippen molar-refractivity contribution in [2.24, 2.45) is 5.73 Å². The van der Waals surface area contributed by atoms with Gasteiger partial charge in [0, 0.05) is 29.7 Å². The number of benzene rings is 2. The molecule has 0 aliphatic heterocycles. The van der Waals surface area contributed by atoms with E-state index in [1.807, 2.05) is 0 Å². The number of nitrogens with one attached hydrogen (secondary N) is 2. The highest BCUT2D eigenvalue weighted by Crippen LogP contribution is 2.22. The zero-order chi connectivity index (χ0) is 25.3. The summed E-state index contributed by atoms with van der Waals surface area (Å²) in [5.74, 6) is -2.64. The molecule has 1 atom stereocenters. The molecule has 0 fully saturated rings. The average Bonchev–Trinajstić information content (AvgIpc) is 2.79. The Hall–Kier alpha value is -4.22. The van der Waals surface area contributed by atoms with Crippen LogP contribution in [0.4, 0.5) is 13.2 Å². The van der Waals surface area contributed by atoms with Gasteiger partial charge in [-0.15, -0.1) is 13.2 Å². The van der Waals surface area contributed by atoms with Crippen molar-refractivity contribution in [3.8, 4) is 5.75 Å². The van der Waals surface area contributed by atoms with Crippen molar-refractivity contribution < 1.29 is 41.9 Å². The van der Waals surface area contributed by atoms with E-state index in [0.29, 0.717) is 18.1 Å². The molecule has 0 saturated carbocycles. The Labute approximate surface area is 191 Å². The van der Waals surface area contributed by atoms with Crippen molar-refractivity contribution >= 4 is 30.3 Å². The Balaban J connectivity index is 2.04. The number of rotatable bonds is 11. The molecule has 0 aliphatic rings. The van der Waals surface area contributed by atoms with Gasteiger partial charge in [-0.05, 0) is 48.4 Å². The zero-order valence-corrected chi connectivity index (χ0v) is 17.6. The fraction of sp³-hybridized carbons (Fsp3) is 0.227. The molecule has 0 spiro atoms. The topological polar surface area (TPSA) is 145 Å². The predicted molar refractivity (Wildman–Crippen MR) is 112 cm³/mol. The van der Waals surface area contributed by atoms with Gasteiger partial charge in [-0.25, -0.2) is 0 Å². The van der Waals surface area contributed by atoms with Crippen LogP contribution < -0.4 is 21.1 Å². The Bertz CT molecular complexity index is 1070. The number of hydrogen-bond acceptors (Lipinski definition) is 6. The van der Waals surface area contributed by atoms with Crippen LogP contribution in [0.3, 0.4) is 0 Å². The average molecular weight is 479 g/mol. The number of nitrogens with two attached hydrogens (primary N) is 1. The molecule has 3 amide bonds. The number of ether oxygens (including phenoxy) is 1. The number of hydrogen-bond donors (Lipinski definition) is 3. The monoisotopic (exact) mass is 479 g/mol. The van der Waals surface area contributed by atoms with Crippen molar-refractivity contribution in [3.05, 3.63) is 64.7 Å². The maximum absolute atomic E-state index is 12.5. The van der Waals surface area contributed by atoms with E-state index >= 15 is 0 Å². The first-order valence-electron chi connectivity index (χ1n) is 9.80. The van der Waals surface area contributed by atoms with Crippen molar-refractivity contribution in [1.82, 2.24) is 10.6 Å². The molecule has 2 rings (SSSR count). The highest BCUT2D eigenvalue weighted by atomic mass is 19.4. The minimum atomic E-state index is -4.85. The van der Waals surface area contributed by atoms with E-state index in [0.717, 1.165) is 24.3 Å². The lowest BCUT2D eigenvalue weighted by Gasteiger charge is -2.15. The summed E-state index contributed by atoms with van der Waals surface area (Å²) in [7, 11) is 0. The van der Waals surface area contributed by atoms with Crippen molar-refractivity contribution in [1.29, 1.82) is 0 Å². The van der Waals surface area contributed by atoms with Gasteiger partial charge in [0.1, 0.15) is 18.1 Å². The lowest BCUT2D eigenvalue weighted by Crippen LogP contribution is -2.44. The third-order valence-corrected chi connectivity index (χ3v) is 4.51. The number of carbonyl (C=O) groups excluding carboxylic acids is 5. The summed E-state index contributed by atoms with van der Waals surface area (Å²) in [4.78, 5) is 58.1. The molecule has 34 heavy (non-hydrogen) atoms. The lowest BCUT2D eigenvalue weighted by atomic mass is 10.0. The van der Waals surface area contributed by atoms with Gasteiger partial charge in [0.25, 0.3) is 11.8 Å². The van der Waals surface area contributed by atoms with Gasteiger partial charge >= 0.3 is 6.36 Å². The number of alkyl halides is 3. The SMILES string of the molecule is NC(=O)C(CCC=O)NC(=O)c1ccc(CNC(=O)c2ccc(OC(F)(F)F)cc2)cc1C=O. The van der Waals surface area contributed by atoms with Crippen LogP contribution in [0.1, 0.15) is 49.5 Å². The minimum Gasteiger partial charge on any atom is -0.406 e. The molecule has 1 unspecified atom stereocenters. The second-order valence-electron chi connectivity index (χ2n) is 6.97. The van der Waals surface area contributed by atoms with Crippen molar-refractivity contribution in [2.75, 3.05) is 0 Å². The number of carbonyl (C=O) groups is 5. The van der Waals surface area contributed by atoms with E-state index in [-0.39, 0.29) is 36.1 Å². The van der Waals surface area contributed by atoms with E-state index in [2.05, 4.69) is 15.4 Å². The molecule has 180 valence electrons. The summed E-state index contributed by atoms with van der Waals surface area (Å²) < 4.78 is 40.4. The first-order chi connectivity index (χ1) is 16.0. The quantitative estimate of drug-likeness (QED) is 0.420. The summed E-state index contributed by atoms with van der Waals surface area (Å²) in [6.45, 7) is -0.0500. The molecule has 0 aliphatic carbocycles. The standard InChI is InChI=1S/C22H20F3N3O6/c23-22(24,25)34-16-6-4-14(5-7-16)20(32)27-11-13-3-8-17(15(10-13)12-30)21(33)28-18(19(26)31)2-1-9-29/h3-10,12,18H,1-2,11H2,(H2,26,31)(H,27,32)(H,28,33). The van der Waals surface area contributed by atoms with Crippen molar-refractivity contribution in [3.63, 3.8) is 0 Å². The summed E-state index contributed by atoms with van der Waals surface area (Å²) >= 11 is 0. The Morgan fingerprint density at radius 1 is 1.03 bits per heavy atom. The van der Waals surface area contributed by atoms with Gasteiger partial charge < -0.3 is 25.9 Å². The van der Waals surface area contributed by atoms with Gasteiger partial charge in [-0.3, -0.25) is 19.2 Å². The highest BCUT2D eigenvalue weighted by molar-refractivity contribution is 6.03. The van der Waals surface area contributed by atoms with Crippen LogP contribution in [0.25, 0.3) is 0 Å². The lowest BCUT2D eigenvalue weighted by molar-refractivity contribution is -0.274. The molecule has 12 heteroatoms. The van der Waals surface area contributed by atoms with E-state index in [1.54, 1.807) is 0 Å². The van der Waals surface area contributed by atoms with Gasteiger partial charge in [0.2, 0.25) is 5.91 Å². The van der Waals surface area contributed by atoms with Gasteiger partial charge in [-0.1, -0.05) is 6.07 Å². The fourth-order valence-corrected chi connectivity index (χ4v) is 2.88.